The third kappa shape index (κ3) is 3.99. The smallest absolute Gasteiger partial charge is 0.338 e. The number of nitrogens with zero attached hydrogens (tertiary/aromatic N) is 1. The van der Waals surface area contributed by atoms with Crippen molar-refractivity contribution in [2.45, 2.75) is 25.5 Å². The summed E-state index contributed by atoms with van der Waals surface area (Å²) in [5.41, 5.74) is 2.89. The second kappa shape index (κ2) is 7.98. The third-order valence-corrected chi connectivity index (χ3v) is 5.23. The molecule has 2 aromatic rings. The number of fused-ring (bicyclic) bond motifs is 1. The van der Waals surface area contributed by atoms with Crippen LogP contribution in [0.4, 0.5) is 14.9 Å². The second-order valence-corrected chi connectivity index (χ2v) is 7.09. The van der Waals surface area contributed by atoms with E-state index in [2.05, 4.69) is 15.5 Å². The topological polar surface area (TPSA) is 70.7 Å². The number of carbonyl (C=O) groups excluding carboxylic acids is 2. The lowest BCUT2D eigenvalue weighted by atomic mass is 10.1. The van der Waals surface area contributed by atoms with Crippen molar-refractivity contribution in [3.63, 3.8) is 0 Å². The summed E-state index contributed by atoms with van der Waals surface area (Å²) in [6.45, 7) is 2.57. The molecule has 0 aliphatic carbocycles. The Balaban J connectivity index is 1.40. The number of carbonyl (C=O) groups is 2. The maximum atomic E-state index is 13.3. The Bertz CT molecular complexity index is 879. The molecule has 28 heavy (non-hydrogen) atoms. The molecule has 1 fully saturated rings. The monoisotopic (exact) mass is 383 g/mol. The van der Waals surface area contributed by atoms with Gasteiger partial charge in [-0.2, -0.15) is 0 Å². The number of amides is 2. The lowest BCUT2D eigenvalue weighted by molar-refractivity contribution is 0.0535. The number of nitrogens with one attached hydrogen (secondary N) is 2. The van der Waals surface area contributed by atoms with E-state index in [9.17, 15) is 14.0 Å². The van der Waals surface area contributed by atoms with Gasteiger partial charge < -0.3 is 15.4 Å². The number of benzene rings is 2. The number of hydrogen-bond donors (Lipinski definition) is 2. The number of halogens is 1. The van der Waals surface area contributed by atoms with Gasteiger partial charge in [0.05, 0.1) is 11.6 Å². The van der Waals surface area contributed by atoms with E-state index in [-0.39, 0.29) is 30.5 Å². The van der Waals surface area contributed by atoms with Crippen LogP contribution in [0.5, 0.6) is 0 Å². The SMILES string of the molecule is O=C(NC[C@@H](c1ccc(F)cc1)N1CCCC1)Nc1ccc2c(c1)COC2=O. The molecule has 0 saturated carbocycles. The number of esters is 1. The van der Waals surface area contributed by atoms with E-state index in [1.54, 1.807) is 30.3 Å². The van der Waals surface area contributed by atoms with Crippen LogP contribution in [0.25, 0.3) is 0 Å². The lowest BCUT2D eigenvalue weighted by Gasteiger charge is -2.28. The number of hydrogen-bond acceptors (Lipinski definition) is 4. The van der Waals surface area contributed by atoms with Crippen LogP contribution in [-0.4, -0.2) is 36.5 Å². The molecule has 2 amide bonds. The Morgan fingerprint density at radius 2 is 1.89 bits per heavy atom. The lowest BCUT2D eigenvalue weighted by Crippen LogP contribution is -2.38. The standard InChI is InChI=1S/C21H22FN3O3/c22-16-5-3-14(4-6-16)19(25-9-1-2-10-25)12-23-21(27)24-17-7-8-18-15(11-17)13-28-20(18)26/h3-8,11,19H,1-2,9-10,12-13H2,(H2,23,24,27)/t19-/m0/s1. The molecule has 2 heterocycles. The van der Waals surface area contributed by atoms with E-state index >= 15 is 0 Å². The minimum absolute atomic E-state index is 0.0000999. The van der Waals surface area contributed by atoms with Crippen molar-refractivity contribution in [3.05, 3.63) is 65.0 Å². The van der Waals surface area contributed by atoms with Crippen molar-refractivity contribution in [2.75, 3.05) is 25.0 Å². The number of cyclic esters (lactones) is 1. The minimum Gasteiger partial charge on any atom is -0.457 e. The molecule has 7 heteroatoms. The molecule has 146 valence electrons. The Hall–Kier alpha value is -2.93. The quantitative estimate of drug-likeness (QED) is 0.776. The largest absolute Gasteiger partial charge is 0.457 e. The summed E-state index contributed by atoms with van der Waals surface area (Å²) in [5.74, 6) is -0.604. The zero-order valence-electron chi connectivity index (χ0n) is 15.4. The number of urea groups is 1. The molecule has 0 unspecified atom stereocenters. The van der Waals surface area contributed by atoms with Crippen LogP contribution in [0.15, 0.2) is 42.5 Å². The Morgan fingerprint density at radius 1 is 1.14 bits per heavy atom. The normalized spacial score (nSPS) is 17.1. The van der Waals surface area contributed by atoms with Gasteiger partial charge in [0.15, 0.2) is 0 Å². The molecule has 2 aliphatic rings. The van der Waals surface area contributed by atoms with Gasteiger partial charge in [-0.15, -0.1) is 0 Å². The Morgan fingerprint density at radius 3 is 2.64 bits per heavy atom. The molecule has 4 rings (SSSR count). The summed E-state index contributed by atoms with van der Waals surface area (Å²) >= 11 is 0. The minimum atomic E-state index is -0.334. The Labute approximate surface area is 162 Å². The fourth-order valence-electron chi connectivity index (χ4n) is 3.77. The van der Waals surface area contributed by atoms with E-state index in [0.29, 0.717) is 17.8 Å². The third-order valence-electron chi connectivity index (χ3n) is 5.23. The highest BCUT2D eigenvalue weighted by Gasteiger charge is 2.24. The van der Waals surface area contributed by atoms with Gasteiger partial charge in [0.1, 0.15) is 12.4 Å². The van der Waals surface area contributed by atoms with Crippen molar-refractivity contribution < 1.29 is 18.7 Å². The summed E-state index contributed by atoms with van der Waals surface area (Å²) < 4.78 is 18.3. The zero-order valence-corrected chi connectivity index (χ0v) is 15.4. The van der Waals surface area contributed by atoms with E-state index in [0.717, 1.165) is 37.1 Å². The van der Waals surface area contributed by atoms with Crippen molar-refractivity contribution in [1.82, 2.24) is 10.2 Å². The summed E-state index contributed by atoms with van der Waals surface area (Å²) in [5, 5.41) is 5.71. The molecule has 2 N–H and O–H groups in total. The van der Waals surface area contributed by atoms with Crippen LogP contribution >= 0.6 is 0 Å². The van der Waals surface area contributed by atoms with Gasteiger partial charge in [-0.1, -0.05) is 12.1 Å². The van der Waals surface area contributed by atoms with E-state index < -0.39 is 0 Å². The molecule has 0 bridgehead atoms. The maximum absolute atomic E-state index is 13.3. The molecule has 2 aromatic carbocycles. The fraction of sp³-hybridized carbons (Fsp3) is 0.333. The number of ether oxygens (including phenoxy) is 1. The van der Waals surface area contributed by atoms with E-state index in [1.807, 2.05) is 0 Å². The first-order chi connectivity index (χ1) is 13.6. The first-order valence-corrected chi connectivity index (χ1v) is 9.44. The summed E-state index contributed by atoms with van der Waals surface area (Å²) in [6, 6.07) is 11.2. The molecule has 1 saturated heterocycles. The summed E-state index contributed by atoms with van der Waals surface area (Å²) in [7, 11) is 0. The van der Waals surface area contributed by atoms with Gasteiger partial charge in [0.25, 0.3) is 0 Å². The molecule has 6 nitrogen and oxygen atoms in total. The second-order valence-electron chi connectivity index (χ2n) is 7.09. The number of anilines is 1. The number of rotatable bonds is 5. The van der Waals surface area contributed by atoms with Crippen LogP contribution in [-0.2, 0) is 11.3 Å². The van der Waals surface area contributed by atoms with Crippen molar-refractivity contribution in [1.29, 1.82) is 0 Å². The van der Waals surface area contributed by atoms with E-state index in [4.69, 9.17) is 4.74 Å². The first kappa shape index (κ1) is 18.4. The predicted molar refractivity (Wildman–Crippen MR) is 103 cm³/mol. The van der Waals surface area contributed by atoms with Gasteiger partial charge in [0.2, 0.25) is 0 Å². The molecule has 0 radical (unpaired) electrons. The van der Waals surface area contributed by atoms with Crippen LogP contribution < -0.4 is 10.6 Å². The molecule has 2 aliphatic heterocycles. The highest BCUT2D eigenvalue weighted by atomic mass is 19.1. The first-order valence-electron chi connectivity index (χ1n) is 9.44. The Kier molecular flexibility index (Phi) is 5.25. The van der Waals surface area contributed by atoms with E-state index in [1.165, 1.54) is 12.1 Å². The average molecular weight is 383 g/mol. The van der Waals surface area contributed by atoms with Crippen LogP contribution in [0.3, 0.4) is 0 Å². The highest BCUT2D eigenvalue weighted by Crippen LogP contribution is 2.25. The molecule has 1 atom stereocenters. The van der Waals surface area contributed by atoms with Crippen molar-refractivity contribution in [3.8, 4) is 0 Å². The van der Waals surface area contributed by atoms with Gasteiger partial charge in [-0.25, -0.2) is 14.0 Å². The van der Waals surface area contributed by atoms with Crippen LogP contribution in [0.1, 0.15) is 40.4 Å². The highest BCUT2D eigenvalue weighted by molar-refractivity contribution is 5.95. The molecule has 0 spiro atoms. The average Bonchev–Trinajstić information content (AvgIpc) is 3.34. The molecular weight excluding hydrogens is 361 g/mol. The van der Waals surface area contributed by atoms with Gasteiger partial charge in [-0.3, -0.25) is 4.90 Å². The summed E-state index contributed by atoms with van der Waals surface area (Å²) in [4.78, 5) is 26.2. The molecular formula is C21H22FN3O3. The van der Waals surface area contributed by atoms with Crippen molar-refractivity contribution >= 4 is 17.7 Å². The zero-order chi connectivity index (χ0) is 19.5. The summed E-state index contributed by atoms with van der Waals surface area (Å²) in [6.07, 6.45) is 2.25. The van der Waals surface area contributed by atoms with Crippen LogP contribution in [0, 0.1) is 5.82 Å². The van der Waals surface area contributed by atoms with Gasteiger partial charge in [-0.05, 0) is 61.8 Å². The van der Waals surface area contributed by atoms with Gasteiger partial charge >= 0.3 is 12.0 Å². The number of likely N-dealkylation sites (tertiary alicyclic amines) is 1. The van der Waals surface area contributed by atoms with Crippen LogP contribution in [0.2, 0.25) is 0 Å². The van der Waals surface area contributed by atoms with Gasteiger partial charge in [0, 0.05) is 17.8 Å². The predicted octanol–water partition coefficient (Wildman–Crippen LogP) is 3.45. The van der Waals surface area contributed by atoms with Crippen molar-refractivity contribution in [2.24, 2.45) is 0 Å². The fourth-order valence-corrected chi connectivity index (χ4v) is 3.77. The maximum Gasteiger partial charge on any atom is 0.338 e. The molecule has 0 aromatic heterocycles.